The molecule has 1 aromatic rings. The molecule has 84 valence electrons. The highest BCUT2D eigenvalue weighted by Crippen LogP contribution is 2.32. The summed E-state index contributed by atoms with van der Waals surface area (Å²) in [6, 6.07) is 2.51. The van der Waals surface area contributed by atoms with Crippen LogP contribution in [0.1, 0.15) is 50.1 Å². The minimum Gasteiger partial charge on any atom is -0.324 e. The zero-order chi connectivity index (χ0) is 10.7. The lowest BCUT2D eigenvalue weighted by Gasteiger charge is -2.24. The van der Waals surface area contributed by atoms with Crippen molar-refractivity contribution in [2.75, 3.05) is 0 Å². The first-order chi connectivity index (χ1) is 7.25. The zero-order valence-corrected chi connectivity index (χ0v) is 11.9. The van der Waals surface area contributed by atoms with Crippen LogP contribution in [0.25, 0.3) is 0 Å². The lowest BCUT2D eigenvalue weighted by Crippen LogP contribution is -2.16. The number of rotatable bonds is 3. The van der Waals surface area contributed by atoms with E-state index in [0.29, 0.717) is 0 Å². The fourth-order valence-corrected chi connectivity index (χ4v) is 3.87. The van der Waals surface area contributed by atoms with Crippen LogP contribution >= 0.6 is 33.9 Å². The Hall–Kier alpha value is 0.390. The minimum absolute atomic E-state index is 0.271. The molecule has 0 aromatic carbocycles. The maximum absolute atomic E-state index is 6.24. The number of halogens is 1. The van der Waals surface area contributed by atoms with Crippen LogP contribution in [0, 0.1) is 8.80 Å². The summed E-state index contributed by atoms with van der Waals surface area (Å²) in [7, 11) is 0. The Morgan fingerprint density at radius 3 is 2.73 bits per heavy atom. The molecule has 1 aromatic heterocycles. The van der Waals surface area contributed by atoms with E-state index in [-0.39, 0.29) is 6.04 Å². The molecule has 0 aliphatic heterocycles. The Morgan fingerprint density at radius 1 is 1.40 bits per heavy atom. The first-order valence-corrected chi connectivity index (χ1v) is 7.71. The summed E-state index contributed by atoms with van der Waals surface area (Å²) >= 11 is 4.17. The second kappa shape index (κ2) is 5.64. The van der Waals surface area contributed by atoms with E-state index in [1.807, 2.05) is 0 Å². The molecule has 3 heteroatoms. The van der Waals surface area contributed by atoms with Gasteiger partial charge in [0.05, 0.1) is 2.88 Å². The van der Waals surface area contributed by atoms with E-state index >= 15 is 0 Å². The summed E-state index contributed by atoms with van der Waals surface area (Å²) in [6.07, 6.45) is 8.25. The molecular formula is C12H18INS. The third-order valence-corrected chi connectivity index (χ3v) is 5.14. The zero-order valence-electron chi connectivity index (χ0n) is 8.92. The van der Waals surface area contributed by atoms with E-state index in [9.17, 15) is 0 Å². The van der Waals surface area contributed by atoms with Crippen molar-refractivity contribution in [3.05, 3.63) is 19.9 Å². The van der Waals surface area contributed by atoms with Gasteiger partial charge in [-0.3, -0.25) is 0 Å². The molecule has 1 nitrogen and oxygen atoms in total. The first-order valence-electron chi connectivity index (χ1n) is 5.75. The first kappa shape index (κ1) is 11.9. The average molecular weight is 335 g/mol. The number of hydrogen-bond donors (Lipinski definition) is 1. The molecule has 0 bridgehead atoms. The highest BCUT2D eigenvalue weighted by molar-refractivity contribution is 14.1. The number of thiophene rings is 1. The average Bonchev–Trinajstić information content (AvgIpc) is 2.66. The Balaban J connectivity index is 1.88. The summed E-state index contributed by atoms with van der Waals surface area (Å²) in [4.78, 5) is 0. The highest BCUT2D eigenvalue weighted by Gasteiger charge is 2.18. The van der Waals surface area contributed by atoms with Crippen molar-refractivity contribution < 1.29 is 0 Å². The van der Waals surface area contributed by atoms with Crippen molar-refractivity contribution in [1.82, 2.24) is 0 Å². The fraction of sp³-hybridized carbons (Fsp3) is 0.667. The molecule has 2 N–H and O–H groups in total. The van der Waals surface area contributed by atoms with Crippen LogP contribution < -0.4 is 5.73 Å². The fourth-order valence-electron chi connectivity index (χ4n) is 2.44. The van der Waals surface area contributed by atoms with Crippen molar-refractivity contribution in [3.63, 3.8) is 0 Å². The minimum atomic E-state index is 0.271. The van der Waals surface area contributed by atoms with Gasteiger partial charge in [0.1, 0.15) is 0 Å². The maximum Gasteiger partial charge on any atom is 0.0656 e. The normalized spacial score (nSPS) is 20.4. The van der Waals surface area contributed by atoms with Gasteiger partial charge in [0.25, 0.3) is 0 Å². The van der Waals surface area contributed by atoms with Gasteiger partial charge in [-0.1, -0.05) is 32.1 Å². The number of hydrogen-bond acceptors (Lipinski definition) is 2. The molecular weight excluding hydrogens is 317 g/mol. The van der Waals surface area contributed by atoms with Gasteiger partial charge in [-0.05, 0) is 51.9 Å². The quantitative estimate of drug-likeness (QED) is 0.818. The molecule has 0 radical (unpaired) electrons. The van der Waals surface area contributed by atoms with E-state index in [4.69, 9.17) is 5.73 Å². The largest absolute Gasteiger partial charge is 0.324 e. The van der Waals surface area contributed by atoms with Crippen molar-refractivity contribution in [2.45, 2.75) is 44.6 Å². The van der Waals surface area contributed by atoms with Crippen LogP contribution in [-0.2, 0) is 0 Å². The summed E-state index contributed by atoms with van der Waals surface area (Å²) in [6.45, 7) is 0. The molecule has 0 saturated heterocycles. The number of nitrogens with two attached hydrogens (primary N) is 1. The van der Waals surface area contributed by atoms with Crippen LogP contribution in [0.2, 0.25) is 0 Å². The van der Waals surface area contributed by atoms with Gasteiger partial charge in [0.2, 0.25) is 0 Å². The Kier molecular flexibility index (Phi) is 4.46. The molecule has 1 saturated carbocycles. The third-order valence-electron chi connectivity index (χ3n) is 3.33. The van der Waals surface area contributed by atoms with Crippen molar-refractivity contribution in [2.24, 2.45) is 11.7 Å². The predicted molar refractivity (Wildman–Crippen MR) is 75.2 cm³/mol. The standard InChI is InChI=1S/C12H18INS/c13-12-7-10(8-15-12)11(14)6-9-4-2-1-3-5-9/h7-9,11H,1-6,14H2. The summed E-state index contributed by atoms with van der Waals surface area (Å²) in [5.74, 6) is 0.881. The molecule has 1 atom stereocenters. The molecule has 1 heterocycles. The van der Waals surface area contributed by atoms with Crippen molar-refractivity contribution in [3.8, 4) is 0 Å². The Bertz CT molecular complexity index is 304. The van der Waals surface area contributed by atoms with Crippen LogP contribution in [0.4, 0.5) is 0 Å². The molecule has 1 unspecified atom stereocenters. The smallest absolute Gasteiger partial charge is 0.0656 e. The second-order valence-electron chi connectivity index (χ2n) is 4.53. The van der Waals surface area contributed by atoms with Crippen LogP contribution in [-0.4, -0.2) is 0 Å². The van der Waals surface area contributed by atoms with Gasteiger partial charge in [-0.25, -0.2) is 0 Å². The third kappa shape index (κ3) is 3.43. The highest BCUT2D eigenvalue weighted by atomic mass is 127. The van der Waals surface area contributed by atoms with Crippen LogP contribution in [0.5, 0.6) is 0 Å². The van der Waals surface area contributed by atoms with Gasteiger partial charge in [0, 0.05) is 6.04 Å². The molecule has 1 aliphatic carbocycles. The van der Waals surface area contributed by atoms with Gasteiger partial charge in [-0.15, -0.1) is 11.3 Å². The summed E-state index contributed by atoms with van der Waals surface area (Å²) < 4.78 is 1.35. The Labute approximate surface area is 110 Å². The van der Waals surface area contributed by atoms with Gasteiger partial charge in [-0.2, -0.15) is 0 Å². The van der Waals surface area contributed by atoms with Gasteiger partial charge in [0.15, 0.2) is 0 Å². The molecule has 1 aliphatic rings. The van der Waals surface area contributed by atoms with Crippen molar-refractivity contribution >= 4 is 33.9 Å². The van der Waals surface area contributed by atoms with E-state index in [1.165, 1.54) is 47.0 Å². The molecule has 0 amide bonds. The SMILES string of the molecule is NC(CC1CCCCC1)c1csc(I)c1. The lowest BCUT2D eigenvalue weighted by atomic mass is 9.84. The topological polar surface area (TPSA) is 26.0 Å². The summed E-state index contributed by atoms with van der Waals surface area (Å²) in [5, 5.41) is 2.22. The van der Waals surface area contributed by atoms with E-state index in [1.54, 1.807) is 11.3 Å². The van der Waals surface area contributed by atoms with Crippen LogP contribution in [0.3, 0.4) is 0 Å². The predicted octanol–water partition coefficient (Wildman–Crippen LogP) is 4.32. The lowest BCUT2D eigenvalue weighted by molar-refractivity contribution is 0.319. The molecule has 0 spiro atoms. The van der Waals surface area contributed by atoms with Crippen molar-refractivity contribution in [1.29, 1.82) is 0 Å². The second-order valence-corrected chi connectivity index (χ2v) is 7.34. The Morgan fingerprint density at radius 2 is 2.13 bits per heavy atom. The van der Waals surface area contributed by atoms with Gasteiger partial charge >= 0.3 is 0 Å². The summed E-state index contributed by atoms with van der Waals surface area (Å²) in [5.41, 5.74) is 7.59. The van der Waals surface area contributed by atoms with E-state index < -0.39 is 0 Å². The van der Waals surface area contributed by atoms with Crippen LogP contribution in [0.15, 0.2) is 11.4 Å². The van der Waals surface area contributed by atoms with E-state index in [0.717, 1.165) is 5.92 Å². The molecule has 15 heavy (non-hydrogen) atoms. The molecule has 2 rings (SSSR count). The van der Waals surface area contributed by atoms with E-state index in [2.05, 4.69) is 34.0 Å². The molecule has 1 fully saturated rings. The monoisotopic (exact) mass is 335 g/mol. The maximum atomic E-state index is 6.24. The van der Waals surface area contributed by atoms with Gasteiger partial charge < -0.3 is 5.73 Å².